The van der Waals surface area contributed by atoms with E-state index in [1.165, 1.54) is 17.7 Å². The maximum Gasteiger partial charge on any atom is 0.147 e. The number of ketones is 1. The predicted molar refractivity (Wildman–Crippen MR) is 156 cm³/mol. The van der Waals surface area contributed by atoms with Crippen LogP contribution in [0.1, 0.15) is 42.8 Å². The molecule has 1 aromatic heterocycles. The summed E-state index contributed by atoms with van der Waals surface area (Å²) < 4.78 is 21.6. The summed E-state index contributed by atoms with van der Waals surface area (Å²) in [5.41, 5.74) is 4.78. The number of aromatic nitrogens is 2. The Morgan fingerprint density at radius 1 is 1.02 bits per heavy atom. The third-order valence-corrected chi connectivity index (χ3v) is 7.31. The smallest absolute Gasteiger partial charge is 0.147 e. The van der Waals surface area contributed by atoms with E-state index in [1.54, 1.807) is 6.07 Å². The van der Waals surface area contributed by atoms with Crippen LogP contribution in [-0.4, -0.2) is 82.4 Å². The van der Waals surface area contributed by atoms with Crippen LogP contribution in [0.5, 0.6) is 5.75 Å². The molecule has 216 valence electrons. The number of Topliss-reactive ketones (excluding diaryl/α,β-unsaturated/α-hetero) is 1. The zero-order valence-electron chi connectivity index (χ0n) is 24.3. The summed E-state index contributed by atoms with van der Waals surface area (Å²) in [6.45, 7) is 12.7. The van der Waals surface area contributed by atoms with Crippen molar-refractivity contribution in [3.8, 4) is 11.4 Å². The normalized spacial score (nSPS) is 15.5. The molecule has 1 aliphatic rings. The Hall–Kier alpha value is -3.07. The first-order chi connectivity index (χ1) is 19.2. The number of carbonyl (C=O) groups excluding carboxylic acids is 1. The van der Waals surface area contributed by atoms with Gasteiger partial charge in [0.15, 0.2) is 0 Å². The summed E-state index contributed by atoms with van der Waals surface area (Å²) in [6.07, 6.45) is 1.26. The first-order valence-corrected chi connectivity index (χ1v) is 14.3. The standard InChI is InChI=1S/C32H43FN4O3/c1-23(2)17-28-19-27(34-37(28)32-18-26(33)8-7-25(32)4)9-10-29(38)20-35-13-15-36(16-14-35)21-30(39)22-40-31-11-5-24(3)6-12-31/h5-8,11-12,18-19,23,30,39H,9-10,13-17,20-22H2,1-4H3/t30-/m1/s1. The summed E-state index contributed by atoms with van der Waals surface area (Å²) in [5.74, 6) is 1.11. The van der Waals surface area contributed by atoms with Crippen molar-refractivity contribution in [1.82, 2.24) is 19.6 Å². The molecular formula is C32H43FN4O3. The van der Waals surface area contributed by atoms with Crippen molar-refractivity contribution in [2.45, 2.75) is 53.1 Å². The SMILES string of the molecule is Cc1ccc(OC[C@H](O)CN2CCN(CC(=O)CCc3cc(CC(C)C)n(-c4cc(F)ccc4C)n3)CC2)cc1. The fourth-order valence-corrected chi connectivity index (χ4v) is 5.08. The zero-order chi connectivity index (χ0) is 28.6. The van der Waals surface area contributed by atoms with Crippen LogP contribution < -0.4 is 4.74 Å². The summed E-state index contributed by atoms with van der Waals surface area (Å²) >= 11 is 0. The Kier molecular flexibility index (Phi) is 10.5. The minimum atomic E-state index is -0.564. The van der Waals surface area contributed by atoms with Crippen molar-refractivity contribution in [3.05, 3.63) is 76.9 Å². The molecule has 1 aliphatic heterocycles. The fourth-order valence-electron chi connectivity index (χ4n) is 5.08. The zero-order valence-corrected chi connectivity index (χ0v) is 24.3. The maximum absolute atomic E-state index is 14.0. The number of piperazine rings is 1. The number of rotatable bonds is 13. The van der Waals surface area contributed by atoms with Gasteiger partial charge in [0.2, 0.25) is 0 Å². The topological polar surface area (TPSA) is 70.8 Å². The molecule has 40 heavy (non-hydrogen) atoms. The second-order valence-corrected chi connectivity index (χ2v) is 11.5. The molecular weight excluding hydrogens is 507 g/mol. The van der Waals surface area contributed by atoms with E-state index in [1.807, 2.05) is 42.8 Å². The van der Waals surface area contributed by atoms with E-state index in [-0.39, 0.29) is 18.2 Å². The third kappa shape index (κ3) is 8.71. The van der Waals surface area contributed by atoms with Crippen LogP contribution in [0.2, 0.25) is 0 Å². The number of nitrogens with zero attached hydrogens (tertiary/aromatic N) is 4. The van der Waals surface area contributed by atoms with Gasteiger partial charge in [-0.25, -0.2) is 9.07 Å². The Labute approximate surface area is 237 Å². The van der Waals surface area contributed by atoms with Gasteiger partial charge in [-0.05, 0) is 68.5 Å². The van der Waals surface area contributed by atoms with Crippen molar-refractivity contribution in [2.24, 2.45) is 5.92 Å². The van der Waals surface area contributed by atoms with Gasteiger partial charge in [-0.15, -0.1) is 0 Å². The first-order valence-electron chi connectivity index (χ1n) is 14.3. The maximum atomic E-state index is 14.0. The van der Waals surface area contributed by atoms with E-state index < -0.39 is 6.10 Å². The van der Waals surface area contributed by atoms with Gasteiger partial charge >= 0.3 is 0 Å². The number of halogens is 1. The highest BCUT2D eigenvalue weighted by atomic mass is 19.1. The number of aryl methyl sites for hydroxylation is 3. The van der Waals surface area contributed by atoms with Crippen LogP contribution in [0.25, 0.3) is 5.69 Å². The molecule has 0 bridgehead atoms. The molecule has 0 spiro atoms. The number of ether oxygens (including phenoxy) is 1. The molecule has 1 atom stereocenters. The highest BCUT2D eigenvalue weighted by Gasteiger charge is 2.21. The van der Waals surface area contributed by atoms with Crippen molar-refractivity contribution < 1.29 is 19.0 Å². The van der Waals surface area contributed by atoms with E-state index in [0.717, 1.165) is 61.0 Å². The number of β-amino-alcohol motifs (C(OH)–C–C–N with tert-alkyl or cyclic N) is 1. The molecule has 2 heterocycles. The van der Waals surface area contributed by atoms with Crippen LogP contribution in [-0.2, 0) is 17.6 Å². The van der Waals surface area contributed by atoms with Gasteiger partial charge in [0.25, 0.3) is 0 Å². The lowest BCUT2D eigenvalue weighted by molar-refractivity contribution is -0.120. The fraction of sp³-hybridized carbons (Fsp3) is 0.500. The van der Waals surface area contributed by atoms with Crippen molar-refractivity contribution >= 4 is 5.78 Å². The van der Waals surface area contributed by atoms with Gasteiger partial charge in [0.05, 0.1) is 17.9 Å². The van der Waals surface area contributed by atoms with Gasteiger partial charge in [-0.3, -0.25) is 14.6 Å². The van der Waals surface area contributed by atoms with Crippen LogP contribution >= 0.6 is 0 Å². The lowest BCUT2D eigenvalue weighted by atomic mass is 10.1. The van der Waals surface area contributed by atoms with Crippen LogP contribution in [0.15, 0.2) is 48.5 Å². The van der Waals surface area contributed by atoms with Crippen molar-refractivity contribution in [2.75, 3.05) is 45.9 Å². The highest BCUT2D eigenvalue weighted by Crippen LogP contribution is 2.21. The molecule has 0 radical (unpaired) electrons. The number of carbonyl (C=O) groups is 1. The van der Waals surface area contributed by atoms with Crippen molar-refractivity contribution in [3.63, 3.8) is 0 Å². The summed E-state index contributed by atoms with van der Waals surface area (Å²) in [5, 5.41) is 15.2. The monoisotopic (exact) mass is 550 g/mol. The molecule has 3 aromatic rings. The molecule has 0 saturated carbocycles. The highest BCUT2D eigenvalue weighted by molar-refractivity contribution is 5.80. The molecule has 8 heteroatoms. The Bertz CT molecular complexity index is 1250. The van der Waals surface area contributed by atoms with E-state index in [0.29, 0.717) is 31.8 Å². The van der Waals surface area contributed by atoms with Gasteiger partial charge < -0.3 is 9.84 Å². The third-order valence-electron chi connectivity index (χ3n) is 7.31. The Morgan fingerprint density at radius 2 is 1.73 bits per heavy atom. The molecule has 0 amide bonds. The van der Waals surface area contributed by atoms with E-state index in [9.17, 15) is 14.3 Å². The molecule has 1 saturated heterocycles. The minimum absolute atomic E-state index is 0.196. The van der Waals surface area contributed by atoms with Crippen molar-refractivity contribution in [1.29, 1.82) is 0 Å². The summed E-state index contributed by atoms with van der Waals surface area (Å²) in [6, 6.07) is 14.6. The number of hydrogen-bond donors (Lipinski definition) is 1. The molecule has 1 fully saturated rings. The van der Waals surface area contributed by atoms with Gasteiger partial charge in [-0.2, -0.15) is 5.10 Å². The number of hydrogen-bond acceptors (Lipinski definition) is 6. The lowest BCUT2D eigenvalue weighted by Gasteiger charge is -2.35. The summed E-state index contributed by atoms with van der Waals surface area (Å²) in [7, 11) is 0. The predicted octanol–water partition coefficient (Wildman–Crippen LogP) is 4.39. The number of aliphatic hydroxyl groups is 1. The summed E-state index contributed by atoms with van der Waals surface area (Å²) in [4.78, 5) is 17.2. The quantitative estimate of drug-likeness (QED) is 0.341. The second kappa shape index (κ2) is 14.0. The first kappa shape index (κ1) is 29.9. The van der Waals surface area contributed by atoms with E-state index in [4.69, 9.17) is 9.84 Å². The number of benzene rings is 2. The van der Waals surface area contributed by atoms with Crippen LogP contribution in [0.4, 0.5) is 4.39 Å². The molecule has 7 nitrogen and oxygen atoms in total. The molecule has 0 aliphatic carbocycles. The molecule has 1 N–H and O–H groups in total. The van der Waals surface area contributed by atoms with Gasteiger partial charge in [0, 0.05) is 44.8 Å². The lowest BCUT2D eigenvalue weighted by Crippen LogP contribution is -2.50. The second-order valence-electron chi connectivity index (χ2n) is 11.5. The minimum Gasteiger partial charge on any atom is -0.491 e. The van der Waals surface area contributed by atoms with Crippen LogP contribution in [0, 0.1) is 25.6 Å². The Morgan fingerprint density at radius 3 is 2.42 bits per heavy atom. The molecule has 0 unspecified atom stereocenters. The van der Waals surface area contributed by atoms with E-state index >= 15 is 0 Å². The van der Waals surface area contributed by atoms with E-state index in [2.05, 4.69) is 29.7 Å². The largest absolute Gasteiger partial charge is 0.491 e. The van der Waals surface area contributed by atoms with Gasteiger partial charge in [-0.1, -0.05) is 37.6 Å². The average Bonchev–Trinajstić information content (AvgIpc) is 3.31. The Balaban J connectivity index is 1.22. The number of aliphatic hydroxyl groups excluding tert-OH is 1. The molecule has 4 rings (SSSR count). The van der Waals surface area contributed by atoms with Gasteiger partial charge in [0.1, 0.15) is 30.1 Å². The average molecular weight is 551 g/mol. The molecule has 2 aromatic carbocycles. The van der Waals surface area contributed by atoms with Crippen LogP contribution in [0.3, 0.4) is 0 Å².